The summed E-state index contributed by atoms with van der Waals surface area (Å²) in [5.74, 6) is 0.0990. The lowest BCUT2D eigenvalue weighted by Crippen LogP contribution is -2.38. The number of aryl methyl sites for hydroxylation is 1. The summed E-state index contributed by atoms with van der Waals surface area (Å²) in [5.41, 5.74) is 1.84. The molecule has 1 aromatic rings. The Bertz CT molecular complexity index is 520. The van der Waals surface area contributed by atoms with Crippen LogP contribution in [0.25, 0.3) is 0 Å². The average molecular weight is 273 g/mol. The Kier molecular flexibility index (Phi) is 3.83. The van der Waals surface area contributed by atoms with E-state index in [0.717, 1.165) is 30.4 Å². The standard InChI is InChI=1S/C16H19NO3/c18-15(13-7-9-20-11-13)10-17-8-3-5-12-4-1-2-6-14(12)16(17)19/h1-2,4,6,13H,3,5,7-11H2. The SMILES string of the molecule is O=C(CN1CCCc2ccccc2C1=O)C1CCOC1. The highest BCUT2D eigenvalue weighted by atomic mass is 16.5. The van der Waals surface area contributed by atoms with Gasteiger partial charge in [-0.2, -0.15) is 0 Å². The van der Waals surface area contributed by atoms with Gasteiger partial charge in [-0.25, -0.2) is 0 Å². The van der Waals surface area contributed by atoms with Gasteiger partial charge in [0.25, 0.3) is 5.91 Å². The van der Waals surface area contributed by atoms with Crippen LogP contribution in [0.3, 0.4) is 0 Å². The normalized spacial score (nSPS) is 22.5. The molecule has 1 aromatic carbocycles. The van der Waals surface area contributed by atoms with E-state index >= 15 is 0 Å². The Balaban J connectivity index is 1.74. The molecule has 0 N–H and O–H groups in total. The number of carbonyl (C=O) groups excluding carboxylic acids is 2. The predicted molar refractivity (Wildman–Crippen MR) is 74.6 cm³/mol. The Hall–Kier alpha value is -1.68. The third-order valence-corrected chi connectivity index (χ3v) is 4.14. The Morgan fingerprint density at radius 3 is 3.00 bits per heavy atom. The molecule has 2 heterocycles. The molecule has 1 unspecified atom stereocenters. The molecule has 2 aliphatic rings. The monoisotopic (exact) mass is 273 g/mol. The van der Waals surface area contributed by atoms with Gasteiger partial charge in [-0.15, -0.1) is 0 Å². The minimum atomic E-state index is -0.0266. The molecule has 0 aliphatic carbocycles. The summed E-state index contributed by atoms with van der Waals surface area (Å²) in [7, 11) is 0. The summed E-state index contributed by atoms with van der Waals surface area (Å²) in [4.78, 5) is 26.4. The number of ether oxygens (including phenoxy) is 1. The molecule has 1 fully saturated rings. The lowest BCUT2D eigenvalue weighted by atomic mass is 10.0. The number of ketones is 1. The molecule has 0 bridgehead atoms. The molecule has 3 rings (SSSR count). The summed E-state index contributed by atoms with van der Waals surface area (Å²) in [5, 5.41) is 0. The van der Waals surface area contributed by atoms with Crippen molar-refractivity contribution in [3.8, 4) is 0 Å². The highest BCUT2D eigenvalue weighted by Gasteiger charge is 2.28. The molecule has 0 radical (unpaired) electrons. The van der Waals surface area contributed by atoms with Crippen molar-refractivity contribution in [3.05, 3.63) is 35.4 Å². The van der Waals surface area contributed by atoms with Crippen molar-refractivity contribution in [3.63, 3.8) is 0 Å². The van der Waals surface area contributed by atoms with Gasteiger partial charge in [0.1, 0.15) is 0 Å². The summed E-state index contributed by atoms with van der Waals surface area (Å²) in [6, 6.07) is 7.71. The van der Waals surface area contributed by atoms with Crippen molar-refractivity contribution in [1.82, 2.24) is 4.90 Å². The molecule has 4 nitrogen and oxygen atoms in total. The van der Waals surface area contributed by atoms with E-state index in [9.17, 15) is 9.59 Å². The second-order valence-electron chi connectivity index (χ2n) is 5.51. The van der Waals surface area contributed by atoms with Crippen molar-refractivity contribution in [1.29, 1.82) is 0 Å². The maximum Gasteiger partial charge on any atom is 0.254 e. The summed E-state index contributed by atoms with van der Waals surface area (Å²) >= 11 is 0. The van der Waals surface area contributed by atoms with Crippen LogP contribution in [0, 0.1) is 5.92 Å². The Morgan fingerprint density at radius 1 is 1.35 bits per heavy atom. The Labute approximate surface area is 118 Å². The van der Waals surface area contributed by atoms with Gasteiger partial charge in [-0.1, -0.05) is 18.2 Å². The van der Waals surface area contributed by atoms with Gasteiger partial charge in [-0.05, 0) is 30.9 Å². The molecule has 106 valence electrons. The van der Waals surface area contributed by atoms with Crippen LogP contribution in [0.1, 0.15) is 28.8 Å². The van der Waals surface area contributed by atoms with Gasteiger partial charge in [0.15, 0.2) is 5.78 Å². The number of rotatable bonds is 3. The zero-order chi connectivity index (χ0) is 13.9. The van der Waals surface area contributed by atoms with Gasteiger partial charge in [-0.3, -0.25) is 9.59 Å². The van der Waals surface area contributed by atoms with Crippen molar-refractivity contribution >= 4 is 11.7 Å². The minimum Gasteiger partial charge on any atom is -0.381 e. The van der Waals surface area contributed by atoms with Crippen LogP contribution >= 0.6 is 0 Å². The fourth-order valence-corrected chi connectivity index (χ4v) is 2.94. The van der Waals surface area contributed by atoms with Gasteiger partial charge < -0.3 is 9.64 Å². The molecule has 20 heavy (non-hydrogen) atoms. The smallest absolute Gasteiger partial charge is 0.254 e. The van der Waals surface area contributed by atoms with Crippen LogP contribution in [-0.4, -0.2) is 42.9 Å². The van der Waals surface area contributed by atoms with E-state index in [1.165, 1.54) is 0 Å². The van der Waals surface area contributed by atoms with E-state index in [0.29, 0.717) is 19.8 Å². The second-order valence-corrected chi connectivity index (χ2v) is 5.51. The first-order valence-corrected chi connectivity index (χ1v) is 7.23. The van der Waals surface area contributed by atoms with Gasteiger partial charge >= 0.3 is 0 Å². The number of amides is 1. The maximum absolute atomic E-state index is 12.5. The number of benzene rings is 1. The fraction of sp³-hybridized carbons (Fsp3) is 0.500. The highest BCUT2D eigenvalue weighted by Crippen LogP contribution is 2.20. The lowest BCUT2D eigenvalue weighted by Gasteiger charge is -2.21. The zero-order valence-electron chi connectivity index (χ0n) is 11.5. The quantitative estimate of drug-likeness (QED) is 0.842. The van der Waals surface area contributed by atoms with Crippen molar-refractivity contribution < 1.29 is 14.3 Å². The molecular formula is C16H19NO3. The third kappa shape index (κ3) is 2.61. The minimum absolute atomic E-state index is 0.00892. The van der Waals surface area contributed by atoms with Crippen molar-refractivity contribution in [2.24, 2.45) is 5.92 Å². The number of hydrogen-bond acceptors (Lipinski definition) is 3. The number of hydrogen-bond donors (Lipinski definition) is 0. The fourth-order valence-electron chi connectivity index (χ4n) is 2.94. The van der Waals surface area contributed by atoms with E-state index in [2.05, 4.69) is 0 Å². The molecule has 0 spiro atoms. The first kappa shape index (κ1) is 13.3. The highest BCUT2D eigenvalue weighted by molar-refractivity contribution is 5.98. The van der Waals surface area contributed by atoms with Gasteiger partial charge in [0.05, 0.1) is 13.2 Å². The maximum atomic E-state index is 12.5. The van der Waals surface area contributed by atoms with Crippen molar-refractivity contribution in [2.75, 3.05) is 26.3 Å². The number of carbonyl (C=O) groups is 2. The van der Waals surface area contributed by atoms with E-state index < -0.39 is 0 Å². The molecule has 4 heteroatoms. The molecule has 1 atom stereocenters. The second kappa shape index (κ2) is 5.75. The number of nitrogens with zero attached hydrogens (tertiary/aromatic N) is 1. The topological polar surface area (TPSA) is 46.6 Å². The largest absolute Gasteiger partial charge is 0.381 e. The van der Waals surface area contributed by atoms with Crippen LogP contribution in [0.4, 0.5) is 0 Å². The Morgan fingerprint density at radius 2 is 2.20 bits per heavy atom. The van der Waals surface area contributed by atoms with E-state index in [4.69, 9.17) is 4.74 Å². The molecule has 0 aromatic heterocycles. The average Bonchev–Trinajstić information content (AvgIpc) is 2.95. The number of fused-ring (bicyclic) bond motifs is 1. The van der Waals surface area contributed by atoms with Crippen LogP contribution in [-0.2, 0) is 16.0 Å². The summed E-state index contributed by atoms with van der Waals surface area (Å²) in [6.45, 7) is 2.05. The first-order chi connectivity index (χ1) is 9.75. The van der Waals surface area contributed by atoms with Crippen LogP contribution < -0.4 is 0 Å². The molecular weight excluding hydrogens is 254 g/mol. The molecule has 0 saturated carbocycles. The molecule has 2 aliphatic heterocycles. The van der Waals surface area contributed by atoms with Crippen LogP contribution in [0.15, 0.2) is 24.3 Å². The third-order valence-electron chi connectivity index (χ3n) is 4.14. The predicted octanol–water partition coefficient (Wildman–Crippen LogP) is 1.68. The molecule has 1 saturated heterocycles. The van der Waals surface area contributed by atoms with E-state index in [1.807, 2.05) is 24.3 Å². The van der Waals surface area contributed by atoms with Crippen LogP contribution in [0.2, 0.25) is 0 Å². The first-order valence-electron chi connectivity index (χ1n) is 7.23. The van der Waals surface area contributed by atoms with Crippen LogP contribution in [0.5, 0.6) is 0 Å². The van der Waals surface area contributed by atoms with Gasteiger partial charge in [0.2, 0.25) is 0 Å². The van der Waals surface area contributed by atoms with Gasteiger partial charge in [0, 0.05) is 24.6 Å². The number of Topliss-reactive ketones (excluding diaryl/α,β-unsaturated/α-hetero) is 1. The van der Waals surface area contributed by atoms with Crippen molar-refractivity contribution in [2.45, 2.75) is 19.3 Å². The summed E-state index contributed by atoms with van der Waals surface area (Å²) < 4.78 is 5.25. The lowest BCUT2D eigenvalue weighted by molar-refractivity contribution is -0.123. The zero-order valence-corrected chi connectivity index (χ0v) is 11.5. The van der Waals surface area contributed by atoms with E-state index in [1.54, 1.807) is 4.90 Å². The molecule has 1 amide bonds. The summed E-state index contributed by atoms with van der Waals surface area (Å²) in [6.07, 6.45) is 2.60. The van der Waals surface area contributed by atoms with E-state index in [-0.39, 0.29) is 24.2 Å².